The molecule has 1 N–H and O–H groups in total. The average molecular weight is 254 g/mol. The lowest BCUT2D eigenvalue weighted by molar-refractivity contribution is -0.0769. The monoisotopic (exact) mass is 254 g/mol. The summed E-state index contributed by atoms with van der Waals surface area (Å²) < 4.78 is 13.8. The normalized spacial score (nSPS) is 11.8. The van der Waals surface area contributed by atoms with E-state index in [0.717, 1.165) is 0 Å². The van der Waals surface area contributed by atoms with Crippen LogP contribution in [0.5, 0.6) is 0 Å². The van der Waals surface area contributed by atoms with Crippen molar-refractivity contribution in [2.24, 2.45) is 0 Å². The number of aliphatic hydroxyl groups is 1. The molecule has 0 spiro atoms. The molecule has 0 radical (unpaired) electrons. The minimum Gasteiger partial charge on any atom is -0.465 e. The van der Waals surface area contributed by atoms with E-state index in [1.165, 1.54) is 39.5 Å². The second kappa shape index (κ2) is 6.13. The van der Waals surface area contributed by atoms with Crippen molar-refractivity contribution in [3.05, 3.63) is 34.9 Å². The summed E-state index contributed by atoms with van der Waals surface area (Å²) in [4.78, 5) is 23.0. The molecule has 0 bridgehead atoms. The summed E-state index contributed by atoms with van der Waals surface area (Å²) in [5.74, 6) is -1.35. The van der Waals surface area contributed by atoms with E-state index < -0.39 is 18.2 Å². The molecule has 0 saturated heterocycles. The molecular formula is C12H14O6. The van der Waals surface area contributed by atoms with Gasteiger partial charge in [0, 0.05) is 12.7 Å². The van der Waals surface area contributed by atoms with Crippen molar-refractivity contribution >= 4 is 11.9 Å². The lowest BCUT2D eigenvalue weighted by atomic mass is 10.0. The number of benzene rings is 1. The number of hydrogen-bond donors (Lipinski definition) is 1. The number of ether oxygens (including phenoxy) is 3. The van der Waals surface area contributed by atoms with E-state index in [1.54, 1.807) is 0 Å². The van der Waals surface area contributed by atoms with Crippen LogP contribution in [0.25, 0.3) is 0 Å². The number of methoxy groups -OCH3 is 3. The zero-order valence-corrected chi connectivity index (χ0v) is 10.3. The third kappa shape index (κ3) is 2.85. The zero-order valence-electron chi connectivity index (χ0n) is 10.3. The van der Waals surface area contributed by atoms with Crippen LogP contribution in [0.3, 0.4) is 0 Å². The molecule has 0 aliphatic heterocycles. The fourth-order valence-electron chi connectivity index (χ4n) is 1.42. The first-order valence-electron chi connectivity index (χ1n) is 5.06. The van der Waals surface area contributed by atoms with Gasteiger partial charge < -0.3 is 19.3 Å². The minimum absolute atomic E-state index is 0.0120. The van der Waals surface area contributed by atoms with Crippen LogP contribution in [0.1, 0.15) is 32.6 Å². The number of carbonyl (C=O) groups is 2. The van der Waals surface area contributed by atoms with Gasteiger partial charge in [-0.1, -0.05) is 6.07 Å². The highest BCUT2D eigenvalue weighted by Crippen LogP contribution is 2.20. The Morgan fingerprint density at radius 1 is 1.06 bits per heavy atom. The van der Waals surface area contributed by atoms with E-state index in [2.05, 4.69) is 9.47 Å². The molecule has 1 aromatic carbocycles. The first kappa shape index (κ1) is 14.1. The van der Waals surface area contributed by atoms with Crippen molar-refractivity contribution in [1.29, 1.82) is 0 Å². The van der Waals surface area contributed by atoms with Gasteiger partial charge in [0.2, 0.25) is 0 Å². The largest absolute Gasteiger partial charge is 0.465 e. The van der Waals surface area contributed by atoms with Crippen LogP contribution >= 0.6 is 0 Å². The molecule has 18 heavy (non-hydrogen) atoms. The predicted molar refractivity (Wildman–Crippen MR) is 61.1 cm³/mol. The first-order chi connectivity index (χ1) is 8.54. The van der Waals surface area contributed by atoms with Gasteiger partial charge in [0.15, 0.2) is 6.29 Å². The van der Waals surface area contributed by atoms with Crippen molar-refractivity contribution in [3.8, 4) is 0 Å². The van der Waals surface area contributed by atoms with Crippen molar-refractivity contribution in [3.63, 3.8) is 0 Å². The number of aliphatic hydroxyl groups excluding tert-OH is 1. The molecule has 6 heteroatoms. The second-order valence-electron chi connectivity index (χ2n) is 3.38. The average Bonchev–Trinajstić information content (AvgIpc) is 2.43. The molecule has 1 unspecified atom stereocenters. The molecular weight excluding hydrogens is 240 g/mol. The van der Waals surface area contributed by atoms with E-state index >= 15 is 0 Å². The summed E-state index contributed by atoms with van der Waals surface area (Å²) in [6.07, 6.45) is -1.18. The standard InChI is InChI=1S/C12H14O6/c1-16-10(13)7-4-5-8(11(14)17-2)9(6-7)12(15)18-3/h4-6,10,13H,1-3H3. The third-order valence-corrected chi connectivity index (χ3v) is 2.36. The summed E-state index contributed by atoms with van der Waals surface area (Å²) >= 11 is 0. The van der Waals surface area contributed by atoms with E-state index in [-0.39, 0.29) is 11.1 Å². The van der Waals surface area contributed by atoms with Crippen LogP contribution in [0.2, 0.25) is 0 Å². The van der Waals surface area contributed by atoms with Gasteiger partial charge in [-0.05, 0) is 12.1 Å². The molecule has 0 saturated carbocycles. The highest BCUT2D eigenvalue weighted by molar-refractivity contribution is 6.03. The van der Waals surface area contributed by atoms with Gasteiger partial charge in [0.25, 0.3) is 0 Å². The Kier molecular flexibility index (Phi) is 4.82. The highest BCUT2D eigenvalue weighted by Gasteiger charge is 2.20. The molecule has 0 heterocycles. The lowest BCUT2D eigenvalue weighted by Gasteiger charge is -2.12. The molecule has 0 aliphatic rings. The molecule has 98 valence electrons. The van der Waals surface area contributed by atoms with Crippen LogP contribution in [0.15, 0.2) is 18.2 Å². The fourth-order valence-corrected chi connectivity index (χ4v) is 1.42. The van der Waals surface area contributed by atoms with Crippen molar-refractivity contribution < 1.29 is 28.9 Å². The SMILES string of the molecule is COC(=O)c1ccc(C(O)OC)cc1C(=O)OC. The molecule has 1 rings (SSSR count). The van der Waals surface area contributed by atoms with Gasteiger partial charge in [-0.25, -0.2) is 9.59 Å². The zero-order chi connectivity index (χ0) is 13.7. The molecule has 0 amide bonds. The van der Waals surface area contributed by atoms with Crippen LogP contribution in [-0.4, -0.2) is 38.4 Å². The Morgan fingerprint density at radius 2 is 1.61 bits per heavy atom. The molecule has 0 aromatic heterocycles. The topological polar surface area (TPSA) is 82.1 Å². The summed E-state index contributed by atoms with van der Waals surface area (Å²) in [5, 5.41) is 9.50. The summed E-state index contributed by atoms with van der Waals surface area (Å²) in [6, 6.07) is 4.16. The Morgan fingerprint density at radius 3 is 2.11 bits per heavy atom. The van der Waals surface area contributed by atoms with Crippen molar-refractivity contribution in [1.82, 2.24) is 0 Å². The molecule has 1 atom stereocenters. The van der Waals surface area contributed by atoms with Crippen LogP contribution in [0.4, 0.5) is 0 Å². The lowest BCUT2D eigenvalue weighted by Crippen LogP contribution is -2.13. The molecule has 6 nitrogen and oxygen atoms in total. The summed E-state index contributed by atoms with van der Waals surface area (Å²) in [7, 11) is 3.72. The van der Waals surface area contributed by atoms with E-state index in [9.17, 15) is 14.7 Å². The molecule has 0 aliphatic carbocycles. The second-order valence-corrected chi connectivity index (χ2v) is 3.38. The number of hydrogen-bond acceptors (Lipinski definition) is 6. The number of esters is 2. The van der Waals surface area contributed by atoms with Gasteiger partial charge >= 0.3 is 11.9 Å². The quantitative estimate of drug-likeness (QED) is 0.635. The van der Waals surface area contributed by atoms with Gasteiger partial charge in [-0.2, -0.15) is 0 Å². The Bertz CT molecular complexity index is 454. The maximum Gasteiger partial charge on any atom is 0.338 e. The Hall–Kier alpha value is -1.92. The predicted octanol–water partition coefficient (Wildman–Crippen LogP) is 0.897. The van der Waals surface area contributed by atoms with Crippen LogP contribution in [0, 0.1) is 0 Å². The van der Waals surface area contributed by atoms with Gasteiger partial charge in [-0.3, -0.25) is 0 Å². The third-order valence-electron chi connectivity index (χ3n) is 2.36. The van der Waals surface area contributed by atoms with E-state index in [4.69, 9.17) is 4.74 Å². The molecule has 1 aromatic rings. The highest BCUT2D eigenvalue weighted by atomic mass is 16.6. The fraction of sp³-hybridized carbons (Fsp3) is 0.333. The summed E-state index contributed by atoms with van der Waals surface area (Å²) in [5.41, 5.74) is 0.417. The number of rotatable bonds is 4. The Labute approximate surface area is 104 Å². The summed E-state index contributed by atoms with van der Waals surface area (Å²) in [6.45, 7) is 0. The first-order valence-corrected chi connectivity index (χ1v) is 5.06. The van der Waals surface area contributed by atoms with Crippen LogP contribution < -0.4 is 0 Å². The minimum atomic E-state index is -1.18. The van der Waals surface area contributed by atoms with Crippen molar-refractivity contribution in [2.45, 2.75) is 6.29 Å². The van der Waals surface area contributed by atoms with Crippen LogP contribution in [-0.2, 0) is 14.2 Å². The smallest absolute Gasteiger partial charge is 0.338 e. The van der Waals surface area contributed by atoms with Gasteiger partial charge in [0.05, 0.1) is 25.3 Å². The van der Waals surface area contributed by atoms with Gasteiger partial charge in [0.1, 0.15) is 0 Å². The Balaban J connectivity index is 3.29. The van der Waals surface area contributed by atoms with E-state index in [1.807, 2.05) is 0 Å². The number of carbonyl (C=O) groups excluding carboxylic acids is 2. The van der Waals surface area contributed by atoms with Crippen molar-refractivity contribution in [2.75, 3.05) is 21.3 Å². The maximum atomic E-state index is 11.6. The van der Waals surface area contributed by atoms with E-state index in [0.29, 0.717) is 5.56 Å². The van der Waals surface area contributed by atoms with Gasteiger partial charge in [-0.15, -0.1) is 0 Å². The maximum absolute atomic E-state index is 11.6. The molecule has 0 fully saturated rings.